The molecule has 1 aliphatic rings. The van der Waals surface area contributed by atoms with Gasteiger partial charge in [-0.25, -0.2) is 4.98 Å². The maximum atomic E-state index is 6.39. The largest absolute Gasteiger partial charge is 0.371 e. The average molecular weight is 306 g/mol. The molecule has 0 saturated carbocycles. The van der Waals surface area contributed by atoms with Gasteiger partial charge in [0.25, 0.3) is 0 Å². The van der Waals surface area contributed by atoms with E-state index in [1.165, 1.54) is 0 Å². The molecule has 122 valence electrons. The van der Waals surface area contributed by atoms with Gasteiger partial charge in [0.15, 0.2) is 11.8 Å². The lowest BCUT2D eigenvalue weighted by atomic mass is 10.1. The Morgan fingerprint density at radius 3 is 2.68 bits per heavy atom. The first-order chi connectivity index (χ1) is 10.5. The van der Waals surface area contributed by atoms with Crippen molar-refractivity contribution in [3.05, 3.63) is 5.69 Å². The molecule has 0 fully saturated rings. The Balaban J connectivity index is 2.43. The molecule has 0 aliphatic carbocycles. The number of guanidine groups is 1. The van der Waals surface area contributed by atoms with E-state index in [4.69, 9.17) is 5.73 Å². The third-order valence-corrected chi connectivity index (χ3v) is 3.29. The fourth-order valence-corrected chi connectivity index (χ4v) is 2.21. The first kappa shape index (κ1) is 16.3. The van der Waals surface area contributed by atoms with Crippen LogP contribution in [0.5, 0.6) is 0 Å². The number of nitrogens with two attached hydrogens (primary N) is 1. The molecule has 0 spiro atoms. The van der Waals surface area contributed by atoms with Crippen molar-refractivity contribution in [2.75, 3.05) is 36.1 Å². The van der Waals surface area contributed by atoms with Crippen molar-refractivity contribution in [1.29, 1.82) is 0 Å². The molecule has 1 aromatic heterocycles. The number of nitrogens with one attached hydrogen (secondary N) is 4. The van der Waals surface area contributed by atoms with Gasteiger partial charge in [0.2, 0.25) is 5.95 Å². The van der Waals surface area contributed by atoms with Crippen LogP contribution in [0, 0.1) is 0 Å². The Morgan fingerprint density at radius 2 is 2.05 bits per heavy atom. The number of aliphatic imine (C=N–C) groups is 1. The van der Waals surface area contributed by atoms with E-state index in [-0.39, 0.29) is 0 Å². The van der Waals surface area contributed by atoms with Crippen LogP contribution in [-0.4, -0.2) is 36.1 Å². The molecule has 1 unspecified atom stereocenters. The zero-order valence-corrected chi connectivity index (χ0v) is 13.7. The fraction of sp³-hybridized carbons (Fsp3) is 0.643. The molecule has 0 saturated heterocycles. The molecule has 6 N–H and O–H groups in total. The molecule has 8 nitrogen and oxygen atoms in total. The van der Waals surface area contributed by atoms with E-state index >= 15 is 0 Å². The number of anilines is 3. The quantitative estimate of drug-likeness (QED) is 0.537. The van der Waals surface area contributed by atoms with Crippen molar-refractivity contribution in [1.82, 2.24) is 15.3 Å². The second-order valence-corrected chi connectivity index (χ2v) is 5.48. The van der Waals surface area contributed by atoms with Crippen molar-refractivity contribution < 1.29 is 0 Å². The highest BCUT2D eigenvalue weighted by Gasteiger charge is 2.35. The number of fused-ring (bicyclic) bond motifs is 1. The maximum Gasteiger partial charge on any atom is 0.225 e. The zero-order chi connectivity index (χ0) is 16.2. The summed E-state index contributed by atoms with van der Waals surface area (Å²) in [5, 5.41) is 12.7. The molecular formula is C14H26N8. The molecule has 2 heterocycles. The van der Waals surface area contributed by atoms with Crippen molar-refractivity contribution in [2.45, 2.75) is 39.3 Å². The molecule has 0 bridgehead atoms. The summed E-state index contributed by atoms with van der Waals surface area (Å²) in [4.78, 5) is 13.5. The monoisotopic (exact) mass is 306 g/mol. The molecule has 2 rings (SSSR count). The lowest BCUT2D eigenvalue weighted by molar-refractivity contribution is 0.436. The van der Waals surface area contributed by atoms with Gasteiger partial charge in [0.05, 0.1) is 0 Å². The summed E-state index contributed by atoms with van der Waals surface area (Å²) in [5.41, 5.74) is 7.06. The first-order valence-corrected chi connectivity index (χ1v) is 7.74. The molecular weight excluding hydrogens is 280 g/mol. The Hall–Kier alpha value is -2.09. The van der Waals surface area contributed by atoms with Gasteiger partial charge < -0.3 is 27.0 Å². The Kier molecular flexibility index (Phi) is 5.02. The molecule has 22 heavy (non-hydrogen) atoms. The van der Waals surface area contributed by atoms with Crippen LogP contribution in [0.1, 0.15) is 39.3 Å². The number of hydrogen-bond acceptors (Lipinski definition) is 6. The minimum absolute atomic E-state index is 0.569. The van der Waals surface area contributed by atoms with Crippen LogP contribution in [0.2, 0.25) is 0 Å². The minimum Gasteiger partial charge on any atom is -0.371 e. The topological polar surface area (TPSA) is 112 Å². The highest BCUT2D eigenvalue weighted by atomic mass is 15.3. The summed E-state index contributed by atoms with van der Waals surface area (Å²) < 4.78 is 0. The van der Waals surface area contributed by atoms with E-state index in [1.54, 1.807) is 0 Å². The predicted octanol–water partition coefficient (Wildman–Crippen LogP) is 1.25. The van der Waals surface area contributed by atoms with Crippen LogP contribution in [-0.2, 0) is 5.66 Å². The van der Waals surface area contributed by atoms with E-state index in [0.29, 0.717) is 23.4 Å². The second kappa shape index (κ2) is 6.78. The number of hydrogen-bond donors (Lipinski definition) is 5. The van der Waals surface area contributed by atoms with Crippen LogP contribution in [0.4, 0.5) is 17.5 Å². The van der Waals surface area contributed by atoms with Gasteiger partial charge in [-0.15, -0.1) is 0 Å². The SMILES string of the molecule is CCCN=C1Nc2c(NC)nc(NCCC)nc2C(C)(N)N1. The average Bonchev–Trinajstić information content (AvgIpc) is 2.50. The molecule has 8 heteroatoms. The number of aromatic nitrogens is 2. The summed E-state index contributed by atoms with van der Waals surface area (Å²) in [6.07, 6.45) is 1.97. The highest BCUT2D eigenvalue weighted by molar-refractivity contribution is 5.99. The van der Waals surface area contributed by atoms with E-state index in [9.17, 15) is 0 Å². The molecule has 0 aromatic carbocycles. The Morgan fingerprint density at radius 1 is 1.27 bits per heavy atom. The maximum absolute atomic E-state index is 6.39. The van der Waals surface area contributed by atoms with Gasteiger partial charge in [-0.05, 0) is 19.8 Å². The van der Waals surface area contributed by atoms with Crippen LogP contribution < -0.4 is 27.0 Å². The van der Waals surface area contributed by atoms with Crippen LogP contribution in [0.3, 0.4) is 0 Å². The second-order valence-electron chi connectivity index (χ2n) is 5.48. The minimum atomic E-state index is -0.815. The van der Waals surface area contributed by atoms with Gasteiger partial charge in [-0.1, -0.05) is 13.8 Å². The van der Waals surface area contributed by atoms with E-state index in [1.807, 2.05) is 14.0 Å². The lowest BCUT2D eigenvalue weighted by Gasteiger charge is -2.35. The van der Waals surface area contributed by atoms with Crippen molar-refractivity contribution >= 4 is 23.4 Å². The molecule has 0 amide bonds. The van der Waals surface area contributed by atoms with Crippen LogP contribution in [0.25, 0.3) is 0 Å². The van der Waals surface area contributed by atoms with Crippen molar-refractivity contribution in [2.24, 2.45) is 10.7 Å². The predicted molar refractivity (Wildman–Crippen MR) is 91.3 cm³/mol. The third-order valence-electron chi connectivity index (χ3n) is 3.29. The van der Waals surface area contributed by atoms with Gasteiger partial charge in [-0.2, -0.15) is 4.98 Å². The van der Waals surface area contributed by atoms with E-state index in [0.717, 1.165) is 31.6 Å². The normalized spacial score (nSPS) is 21.8. The smallest absolute Gasteiger partial charge is 0.225 e. The van der Waals surface area contributed by atoms with Crippen LogP contribution >= 0.6 is 0 Å². The summed E-state index contributed by atoms with van der Waals surface area (Å²) >= 11 is 0. The van der Waals surface area contributed by atoms with Gasteiger partial charge >= 0.3 is 0 Å². The van der Waals surface area contributed by atoms with Gasteiger partial charge in [0, 0.05) is 20.1 Å². The molecule has 1 aromatic rings. The van der Waals surface area contributed by atoms with Crippen molar-refractivity contribution in [3.63, 3.8) is 0 Å². The van der Waals surface area contributed by atoms with E-state index in [2.05, 4.69) is 50.1 Å². The van der Waals surface area contributed by atoms with Crippen molar-refractivity contribution in [3.8, 4) is 0 Å². The molecule has 1 atom stereocenters. The van der Waals surface area contributed by atoms with Gasteiger partial charge in [-0.3, -0.25) is 4.99 Å². The lowest BCUT2D eigenvalue weighted by Crippen LogP contribution is -2.57. The number of nitrogens with zero attached hydrogens (tertiary/aromatic N) is 3. The summed E-state index contributed by atoms with van der Waals surface area (Å²) in [7, 11) is 1.83. The Labute approximate surface area is 131 Å². The highest BCUT2D eigenvalue weighted by Crippen LogP contribution is 2.32. The fourth-order valence-electron chi connectivity index (χ4n) is 2.21. The third kappa shape index (κ3) is 3.38. The summed E-state index contributed by atoms with van der Waals surface area (Å²) in [5.74, 6) is 1.92. The summed E-state index contributed by atoms with van der Waals surface area (Å²) in [6.45, 7) is 7.59. The summed E-state index contributed by atoms with van der Waals surface area (Å²) in [6, 6.07) is 0. The molecule has 0 radical (unpaired) electrons. The van der Waals surface area contributed by atoms with E-state index < -0.39 is 5.66 Å². The van der Waals surface area contributed by atoms with Gasteiger partial charge in [0.1, 0.15) is 17.0 Å². The zero-order valence-electron chi connectivity index (χ0n) is 13.7. The number of rotatable bonds is 6. The molecule has 1 aliphatic heterocycles. The Bertz CT molecular complexity index is 552. The standard InChI is InChI=1S/C14H26N8/c1-5-7-17-12-20-10-9(11(16-4)21-12)19-13(18-8-6-2)22-14(10,3)15/h5-8,15H2,1-4H3,(H2,18,19,22)(H2,16,17,20,21). The van der Waals surface area contributed by atoms with Crippen LogP contribution in [0.15, 0.2) is 4.99 Å². The first-order valence-electron chi connectivity index (χ1n) is 7.74.